The van der Waals surface area contributed by atoms with Crippen molar-refractivity contribution in [3.05, 3.63) is 51.9 Å². The third-order valence-corrected chi connectivity index (χ3v) is 5.74. The highest BCUT2D eigenvalue weighted by Crippen LogP contribution is 2.26. The molecule has 0 saturated carbocycles. The summed E-state index contributed by atoms with van der Waals surface area (Å²) >= 11 is 6.06. The minimum atomic E-state index is 0.0394. The van der Waals surface area contributed by atoms with E-state index in [4.69, 9.17) is 21.6 Å². The maximum Gasteiger partial charge on any atom is 0.317 e. The van der Waals surface area contributed by atoms with Gasteiger partial charge in [-0.1, -0.05) is 44.0 Å². The van der Waals surface area contributed by atoms with Gasteiger partial charge >= 0.3 is 6.03 Å². The average molecular weight is 430 g/mol. The molecule has 0 unspecified atom stereocenters. The number of hydrogen-bond donors (Lipinski definition) is 1. The van der Waals surface area contributed by atoms with Gasteiger partial charge in [0.2, 0.25) is 0 Å². The monoisotopic (exact) mass is 429 g/mol. The number of anilines is 1. The standard InChI is InChI=1S/C23H32ClN5O/c1-4-6-11-25-23(30)29-14-12-28(13-15-29)22-20(21(5-2)26-17(3)27-22)16-18-7-9-19(24)10-8-18/h7-10H,4-6,11-16H2,1-3H3,(H,25,30). The fourth-order valence-corrected chi connectivity index (χ4v) is 3.91. The number of rotatable bonds is 7. The fraction of sp³-hybridized carbons (Fsp3) is 0.522. The van der Waals surface area contributed by atoms with Gasteiger partial charge in [0.25, 0.3) is 0 Å². The van der Waals surface area contributed by atoms with E-state index < -0.39 is 0 Å². The van der Waals surface area contributed by atoms with E-state index in [2.05, 4.69) is 36.2 Å². The molecule has 0 spiro atoms. The molecule has 1 aromatic carbocycles. The third-order valence-electron chi connectivity index (χ3n) is 5.48. The summed E-state index contributed by atoms with van der Waals surface area (Å²) in [6.45, 7) is 9.89. The van der Waals surface area contributed by atoms with Crippen molar-refractivity contribution in [2.45, 2.75) is 46.5 Å². The number of urea groups is 1. The van der Waals surface area contributed by atoms with E-state index >= 15 is 0 Å². The quantitative estimate of drug-likeness (QED) is 0.669. The summed E-state index contributed by atoms with van der Waals surface area (Å²) in [6, 6.07) is 8.01. The van der Waals surface area contributed by atoms with Gasteiger partial charge < -0.3 is 15.1 Å². The van der Waals surface area contributed by atoms with E-state index in [1.165, 1.54) is 11.1 Å². The van der Waals surface area contributed by atoms with Crippen molar-refractivity contribution >= 4 is 23.4 Å². The van der Waals surface area contributed by atoms with Crippen molar-refractivity contribution in [1.29, 1.82) is 0 Å². The number of aryl methyl sites for hydroxylation is 2. The van der Waals surface area contributed by atoms with Gasteiger partial charge in [0.15, 0.2) is 0 Å². The first-order valence-electron chi connectivity index (χ1n) is 10.9. The lowest BCUT2D eigenvalue weighted by molar-refractivity contribution is 0.194. The molecular formula is C23H32ClN5O. The van der Waals surface area contributed by atoms with Gasteiger partial charge in [-0.05, 0) is 37.5 Å². The molecule has 1 N–H and O–H groups in total. The zero-order valence-corrected chi connectivity index (χ0v) is 19.0. The molecule has 1 fully saturated rings. The van der Waals surface area contributed by atoms with Gasteiger partial charge in [-0.25, -0.2) is 14.8 Å². The maximum atomic E-state index is 12.4. The van der Waals surface area contributed by atoms with Crippen LogP contribution in [-0.2, 0) is 12.8 Å². The predicted octanol–water partition coefficient (Wildman–Crippen LogP) is 4.22. The summed E-state index contributed by atoms with van der Waals surface area (Å²) in [5.41, 5.74) is 3.45. The van der Waals surface area contributed by atoms with E-state index in [-0.39, 0.29) is 6.03 Å². The van der Waals surface area contributed by atoms with Crippen LogP contribution in [0.2, 0.25) is 5.02 Å². The molecular weight excluding hydrogens is 398 g/mol. The number of halogens is 1. The van der Waals surface area contributed by atoms with Gasteiger partial charge in [-0.2, -0.15) is 0 Å². The lowest BCUT2D eigenvalue weighted by atomic mass is 10.0. The third kappa shape index (κ3) is 5.63. The zero-order valence-electron chi connectivity index (χ0n) is 18.2. The van der Waals surface area contributed by atoms with Crippen molar-refractivity contribution in [3.8, 4) is 0 Å². The molecule has 1 aliphatic rings. The number of nitrogens with zero attached hydrogens (tertiary/aromatic N) is 4. The molecule has 2 heterocycles. The molecule has 162 valence electrons. The van der Waals surface area contributed by atoms with Crippen LogP contribution in [0.25, 0.3) is 0 Å². The summed E-state index contributed by atoms with van der Waals surface area (Å²) in [6.07, 6.45) is 3.73. The largest absolute Gasteiger partial charge is 0.353 e. The van der Waals surface area contributed by atoms with Crippen LogP contribution in [0.4, 0.5) is 10.6 Å². The summed E-state index contributed by atoms with van der Waals surface area (Å²) in [7, 11) is 0. The minimum absolute atomic E-state index is 0.0394. The topological polar surface area (TPSA) is 61.4 Å². The molecule has 2 amide bonds. The first-order chi connectivity index (χ1) is 14.5. The number of unbranched alkanes of at least 4 members (excludes halogenated alkanes) is 1. The van der Waals surface area contributed by atoms with Crippen LogP contribution in [0.3, 0.4) is 0 Å². The van der Waals surface area contributed by atoms with Crippen LogP contribution < -0.4 is 10.2 Å². The van der Waals surface area contributed by atoms with Crippen molar-refractivity contribution < 1.29 is 4.79 Å². The second-order valence-corrected chi connectivity index (χ2v) is 8.17. The number of nitrogens with one attached hydrogen (secondary N) is 1. The fourth-order valence-electron chi connectivity index (χ4n) is 3.78. The molecule has 0 bridgehead atoms. The minimum Gasteiger partial charge on any atom is -0.353 e. The highest BCUT2D eigenvalue weighted by atomic mass is 35.5. The molecule has 1 aromatic heterocycles. The van der Waals surface area contributed by atoms with Gasteiger partial charge in [-0.3, -0.25) is 0 Å². The van der Waals surface area contributed by atoms with Gasteiger partial charge in [0, 0.05) is 55.4 Å². The maximum absolute atomic E-state index is 12.4. The van der Waals surface area contributed by atoms with Crippen LogP contribution in [0, 0.1) is 6.92 Å². The van der Waals surface area contributed by atoms with E-state index in [1.54, 1.807) is 0 Å². The normalized spacial score (nSPS) is 14.1. The molecule has 1 saturated heterocycles. The zero-order chi connectivity index (χ0) is 21.5. The van der Waals surface area contributed by atoms with Crippen LogP contribution in [0.1, 0.15) is 49.3 Å². The Labute approximate surface area is 184 Å². The average Bonchev–Trinajstić information content (AvgIpc) is 2.76. The summed E-state index contributed by atoms with van der Waals surface area (Å²) in [4.78, 5) is 26.1. The molecule has 2 aromatic rings. The van der Waals surface area contributed by atoms with Gasteiger partial charge in [0.05, 0.1) is 0 Å². The van der Waals surface area contributed by atoms with Crippen molar-refractivity contribution in [1.82, 2.24) is 20.2 Å². The van der Waals surface area contributed by atoms with Crippen LogP contribution in [-0.4, -0.2) is 53.6 Å². The second kappa shape index (κ2) is 10.6. The van der Waals surface area contributed by atoms with E-state index in [1.807, 2.05) is 24.0 Å². The number of aromatic nitrogens is 2. The molecule has 0 radical (unpaired) electrons. The Kier molecular flexibility index (Phi) is 7.91. The Balaban J connectivity index is 1.76. The van der Waals surface area contributed by atoms with Gasteiger partial charge in [0.1, 0.15) is 11.6 Å². The number of carbonyl (C=O) groups excluding carboxylic acids is 1. The lowest BCUT2D eigenvalue weighted by Gasteiger charge is -2.36. The molecule has 30 heavy (non-hydrogen) atoms. The number of piperazine rings is 1. The van der Waals surface area contributed by atoms with E-state index in [9.17, 15) is 4.79 Å². The van der Waals surface area contributed by atoms with Gasteiger partial charge in [-0.15, -0.1) is 0 Å². The van der Waals surface area contributed by atoms with Crippen molar-refractivity contribution in [2.75, 3.05) is 37.6 Å². The highest BCUT2D eigenvalue weighted by molar-refractivity contribution is 6.30. The van der Waals surface area contributed by atoms with Crippen LogP contribution in [0.15, 0.2) is 24.3 Å². The Hall–Kier alpha value is -2.34. The van der Waals surface area contributed by atoms with Crippen molar-refractivity contribution in [2.24, 2.45) is 0 Å². The Bertz CT molecular complexity index is 847. The highest BCUT2D eigenvalue weighted by Gasteiger charge is 2.25. The Morgan fingerprint density at radius 3 is 2.43 bits per heavy atom. The SMILES string of the molecule is CCCCNC(=O)N1CCN(c2nc(C)nc(CC)c2Cc2ccc(Cl)cc2)CC1. The summed E-state index contributed by atoms with van der Waals surface area (Å²) in [5, 5.41) is 3.75. The first kappa shape index (κ1) is 22.3. The number of benzene rings is 1. The van der Waals surface area contributed by atoms with Crippen molar-refractivity contribution in [3.63, 3.8) is 0 Å². The molecule has 6 nitrogen and oxygen atoms in total. The predicted molar refractivity (Wildman–Crippen MR) is 122 cm³/mol. The van der Waals surface area contributed by atoms with Crippen LogP contribution in [0.5, 0.6) is 0 Å². The molecule has 0 aliphatic carbocycles. The smallest absolute Gasteiger partial charge is 0.317 e. The second-order valence-electron chi connectivity index (χ2n) is 7.74. The number of amides is 2. The van der Waals surface area contributed by atoms with Crippen LogP contribution >= 0.6 is 11.6 Å². The van der Waals surface area contributed by atoms with E-state index in [0.29, 0.717) is 13.1 Å². The number of hydrogen-bond acceptors (Lipinski definition) is 4. The molecule has 7 heteroatoms. The molecule has 3 rings (SSSR count). The Morgan fingerprint density at radius 1 is 1.10 bits per heavy atom. The molecule has 1 aliphatic heterocycles. The molecule has 0 atom stereocenters. The number of carbonyl (C=O) groups is 1. The summed E-state index contributed by atoms with van der Waals surface area (Å²) in [5.74, 6) is 1.79. The Morgan fingerprint density at radius 2 is 1.80 bits per heavy atom. The van der Waals surface area contributed by atoms with E-state index in [0.717, 1.165) is 67.7 Å². The summed E-state index contributed by atoms with van der Waals surface area (Å²) < 4.78 is 0. The lowest BCUT2D eigenvalue weighted by Crippen LogP contribution is -2.52. The first-order valence-corrected chi connectivity index (χ1v) is 11.3.